The molecule has 6 rings (SSSR count). The molecule has 0 aromatic heterocycles. The van der Waals surface area contributed by atoms with Crippen molar-refractivity contribution in [2.45, 2.75) is 36.5 Å². The van der Waals surface area contributed by atoms with E-state index in [4.69, 9.17) is 40.2 Å². The average molecular weight is 675 g/mol. The molecule has 0 amide bonds. The normalized spacial score (nSPS) is 17.0. The van der Waals surface area contributed by atoms with Gasteiger partial charge in [-0.3, -0.25) is 0 Å². The van der Waals surface area contributed by atoms with Crippen molar-refractivity contribution in [1.82, 2.24) is 0 Å². The standard InChI is InChI=1S/C17H13Cl2.C13H9.C2H7Si.2ClH.Zr/c1-2-11-6-12-4-3-5-16(17(12)7-11)13-8-14(18)10-15(19)9-13;1-3-7-12-10(5-1)9-11-6-2-4-8-13(11)12;1-3-2;;;/h3-10H,2H2,1H3;1-5,7-8H,9H2;3H,1-2H3;2*1H;/q;;;;;+2/p-2. The first kappa shape index (κ1) is 27.1. The minimum atomic E-state index is -4.72. The van der Waals surface area contributed by atoms with Crippen LogP contribution in [0.4, 0.5) is 0 Å². The van der Waals surface area contributed by atoms with Crippen molar-refractivity contribution in [2.24, 2.45) is 0 Å². The summed E-state index contributed by atoms with van der Waals surface area (Å²) < 4.78 is 1.33. The summed E-state index contributed by atoms with van der Waals surface area (Å²) in [5, 5.41) is 1.26. The molecule has 4 aromatic carbocycles. The summed E-state index contributed by atoms with van der Waals surface area (Å²) in [5.41, 5.74) is 11.3. The van der Waals surface area contributed by atoms with Gasteiger partial charge in [0.25, 0.3) is 0 Å². The summed E-state index contributed by atoms with van der Waals surface area (Å²) >= 11 is 8.11. The first-order valence-corrected chi connectivity index (χ1v) is 30.1. The van der Waals surface area contributed by atoms with E-state index in [1.165, 1.54) is 42.2 Å². The van der Waals surface area contributed by atoms with Crippen LogP contribution in [0.5, 0.6) is 0 Å². The van der Waals surface area contributed by atoms with Crippen molar-refractivity contribution in [1.29, 1.82) is 0 Å². The Morgan fingerprint density at radius 1 is 0.816 bits per heavy atom. The zero-order valence-electron chi connectivity index (χ0n) is 21.7. The van der Waals surface area contributed by atoms with Gasteiger partial charge in [0.05, 0.1) is 0 Å². The SMILES string of the molecule is CCC1=Cc2c(-c3cc(Cl)cc(Cl)c3)cccc2[CH]1[Zr]([Cl])([Cl])([c]1cccc2c1Cc1ccccc1-2)[SiH](C)C. The van der Waals surface area contributed by atoms with Crippen LogP contribution in [0, 0.1) is 0 Å². The van der Waals surface area contributed by atoms with Gasteiger partial charge in [0.1, 0.15) is 0 Å². The first-order valence-electron chi connectivity index (χ1n) is 13.2. The van der Waals surface area contributed by atoms with E-state index < -0.39 is 21.5 Å². The monoisotopic (exact) mass is 671 g/mol. The molecule has 0 fully saturated rings. The predicted molar refractivity (Wildman–Crippen MR) is 168 cm³/mol. The van der Waals surface area contributed by atoms with Gasteiger partial charge in [-0.25, -0.2) is 0 Å². The molecular weight excluding hydrogens is 645 g/mol. The molecule has 6 heteroatoms. The quantitative estimate of drug-likeness (QED) is 0.163. The molecule has 38 heavy (non-hydrogen) atoms. The van der Waals surface area contributed by atoms with Crippen LogP contribution in [0.25, 0.3) is 28.3 Å². The molecular formula is C32H29Cl4SiZr. The van der Waals surface area contributed by atoms with E-state index in [1.807, 2.05) is 12.1 Å². The van der Waals surface area contributed by atoms with Crippen molar-refractivity contribution in [3.8, 4) is 22.3 Å². The van der Waals surface area contributed by atoms with Gasteiger partial charge in [-0.05, 0) is 0 Å². The molecule has 0 bridgehead atoms. The van der Waals surface area contributed by atoms with Gasteiger partial charge in [0, 0.05) is 0 Å². The molecule has 0 saturated heterocycles. The van der Waals surface area contributed by atoms with Crippen LogP contribution in [-0.2, 0) is 22.0 Å². The fourth-order valence-electron chi connectivity index (χ4n) is 6.76. The minimum absolute atomic E-state index is 0.0521. The molecule has 0 nitrogen and oxygen atoms in total. The Bertz CT molecular complexity index is 1620. The maximum absolute atomic E-state index is 8.29. The molecule has 1 unspecified atom stereocenters. The second-order valence-electron chi connectivity index (χ2n) is 10.9. The van der Waals surface area contributed by atoms with Gasteiger partial charge in [-0.2, -0.15) is 0 Å². The number of halogens is 4. The van der Waals surface area contributed by atoms with Crippen LogP contribution in [0.2, 0.25) is 23.1 Å². The summed E-state index contributed by atoms with van der Waals surface area (Å²) in [7, 11) is 16.6. The second kappa shape index (κ2) is 9.76. The van der Waals surface area contributed by atoms with Crippen molar-refractivity contribution < 1.29 is 15.6 Å². The fraction of sp³-hybridized carbons (Fsp3) is 0.188. The van der Waals surface area contributed by atoms with E-state index in [2.05, 4.69) is 86.8 Å². The number of fused-ring (bicyclic) bond motifs is 4. The molecule has 0 heterocycles. The van der Waals surface area contributed by atoms with Crippen molar-refractivity contribution in [2.75, 3.05) is 0 Å². The van der Waals surface area contributed by atoms with Crippen molar-refractivity contribution in [3.63, 3.8) is 0 Å². The molecule has 0 aliphatic heterocycles. The fourth-order valence-corrected chi connectivity index (χ4v) is 35.3. The van der Waals surface area contributed by atoms with Gasteiger partial charge in [-0.1, -0.05) is 0 Å². The summed E-state index contributed by atoms with van der Waals surface area (Å²) in [5.74, 6) is -1.59. The van der Waals surface area contributed by atoms with E-state index >= 15 is 0 Å². The Hall–Kier alpha value is -1.12. The van der Waals surface area contributed by atoms with Gasteiger partial charge in [0.15, 0.2) is 0 Å². The Kier molecular flexibility index (Phi) is 6.95. The van der Waals surface area contributed by atoms with Crippen LogP contribution < -0.4 is 3.27 Å². The van der Waals surface area contributed by atoms with E-state index in [0.29, 0.717) is 10.0 Å². The van der Waals surface area contributed by atoms with Gasteiger partial charge in [0.2, 0.25) is 0 Å². The summed E-state index contributed by atoms with van der Waals surface area (Å²) in [6.45, 7) is 6.98. The van der Waals surface area contributed by atoms with Gasteiger partial charge < -0.3 is 0 Å². The van der Waals surface area contributed by atoms with Crippen LogP contribution in [-0.4, -0.2) is 5.92 Å². The Balaban J connectivity index is 1.60. The summed E-state index contributed by atoms with van der Waals surface area (Å²) in [6, 6.07) is 27.7. The van der Waals surface area contributed by atoms with Crippen LogP contribution in [0.3, 0.4) is 0 Å². The molecule has 193 valence electrons. The third kappa shape index (κ3) is 4.01. The maximum atomic E-state index is 8.29. The van der Waals surface area contributed by atoms with Gasteiger partial charge in [-0.15, -0.1) is 0 Å². The topological polar surface area (TPSA) is 0 Å². The van der Waals surface area contributed by atoms with E-state index in [0.717, 1.165) is 24.0 Å². The molecule has 0 radical (unpaired) electrons. The third-order valence-corrected chi connectivity index (χ3v) is 59.1. The van der Waals surface area contributed by atoms with Crippen LogP contribution >= 0.6 is 40.2 Å². The third-order valence-electron chi connectivity index (χ3n) is 8.69. The van der Waals surface area contributed by atoms with Crippen LogP contribution in [0.15, 0.2) is 84.4 Å². The molecule has 1 atom stereocenters. The molecule has 0 N–H and O–H groups in total. The number of hydrogen-bond donors (Lipinski definition) is 0. The second-order valence-corrected chi connectivity index (χ2v) is 53.3. The number of rotatable bonds is 5. The zero-order chi connectivity index (χ0) is 26.8. The Labute approximate surface area is 244 Å². The van der Waals surface area contributed by atoms with E-state index in [-0.39, 0.29) is 3.63 Å². The summed E-state index contributed by atoms with van der Waals surface area (Å²) in [6.07, 6.45) is 4.17. The average Bonchev–Trinajstić information content (AvgIpc) is 3.47. The number of hydrogen-bond acceptors (Lipinski definition) is 0. The first-order chi connectivity index (χ1) is 18.1. The predicted octanol–water partition coefficient (Wildman–Crippen LogP) is 10.4. The molecule has 0 saturated carbocycles. The van der Waals surface area contributed by atoms with Crippen molar-refractivity contribution >= 4 is 55.5 Å². The Morgan fingerprint density at radius 2 is 1.47 bits per heavy atom. The van der Waals surface area contributed by atoms with Gasteiger partial charge >= 0.3 is 247 Å². The number of allylic oxidation sites excluding steroid dienone is 1. The molecule has 2 aliphatic rings. The van der Waals surface area contributed by atoms with E-state index in [1.54, 1.807) is 6.07 Å². The summed E-state index contributed by atoms with van der Waals surface area (Å²) in [4.78, 5) is 0. The Morgan fingerprint density at radius 3 is 2.18 bits per heavy atom. The molecule has 4 aromatic rings. The zero-order valence-corrected chi connectivity index (χ0v) is 28.3. The van der Waals surface area contributed by atoms with E-state index in [9.17, 15) is 0 Å². The van der Waals surface area contributed by atoms with Crippen molar-refractivity contribution in [3.05, 3.63) is 117 Å². The van der Waals surface area contributed by atoms with Crippen LogP contribution in [0.1, 0.15) is 39.2 Å². The molecule has 2 aliphatic carbocycles. The molecule has 0 spiro atoms. The number of benzene rings is 4.